The molecule has 0 saturated heterocycles. The van der Waals surface area contributed by atoms with Crippen molar-refractivity contribution in [2.24, 2.45) is 0 Å². The number of hydrogen-bond acceptors (Lipinski definition) is 5. The summed E-state index contributed by atoms with van der Waals surface area (Å²) in [6.45, 7) is 4.67. The fourth-order valence-electron chi connectivity index (χ4n) is 2.86. The summed E-state index contributed by atoms with van der Waals surface area (Å²) in [5.74, 6) is 1.54. The lowest BCUT2D eigenvalue weighted by atomic mass is 10.1. The summed E-state index contributed by atoms with van der Waals surface area (Å²) in [6, 6.07) is 17.8. The molecule has 1 unspecified atom stereocenters. The van der Waals surface area contributed by atoms with Crippen LogP contribution in [0.2, 0.25) is 0 Å². The molecule has 3 rings (SSSR count). The van der Waals surface area contributed by atoms with Crippen molar-refractivity contribution in [2.75, 3.05) is 6.61 Å². The first-order valence-corrected chi connectivity index (χ1v) is 9.19. The number of aryl methyl sites for hydroxylation is 2. The van der Waals surface area contributed by atoms with Gasteiger partial charge in [0.25, 0.3) is 0 Å². The highest BCUT2D eigenvalue weighted by Crippen LogP contribution is 2.26. The third-order valence-corrected chi connectivity index (χ3v) is 4.38. The van der Waals surface area contributed by atoms with Crippen LogP contribution in [-0.4, -0.2) is 23.2 Å². The van der Waals surface area contributed by atoms with Gasteiger partial charge < -0.3 is 19.1 Å². The van der Waals surface area contributed by atoms with Gasteiger partial charge in [-0.2, -0.15) is 0 Å². The molecule has 1 heterocycles. The summed E-state index contributed by atoms with van der Waals surface area (Å²) >= 11 is 0. The molecule has 5 nitrogen and oxygen atoms in total. The van der Waals surface area contributed by atoms with Crippen LogP contribution in [0.25, 0.3) is 11.3 Å². The normalized spacial score (nSPS) is 12.1. The van der Waals surface area contributed by atoms with E-state index in [0.29, 0.717) is 19.6 Å². The van der Waals surface area contributed by atoms with Crippen molar-refractivity contribution in [3.63, 3.8) is 0 Å². The lowest BCUT2D eigenvalue weighted by Gasteiger charge is -2.11. The lowest BCUT2D eigenvalue weighted by molar-refractivity contribution is -0.0980. The molecule has 3 aromatic rings. The smallest absolute Gasteiger partial charge is 0.154 e. The number of hydrogen-bond donors (Lipinski definition) is 1. The fraction of sp³-hybridized carbons (Fsp3) is 0.318. The van der Waals surface area contributed by atoms with Crippen LogP contribution in [0.1, 0.15) is 30.2 Å². The van der Waals surface area contributed by atoms with Crippen molar-refractivity contribution >= 4 is 0 Å². The van der Waals surface area contributed by atoms with E-state index < -0.39 is 6.29 Å². The lowest BCUT2D eigenvalue weighted by Crippen LogP contribution is -2.12. The molecule has 0 radical (unpaired) electrons. The van der Waals surface area contributed by atoms with Crippen molar-refractivity contribution in [2.45, 2.75) is 39.6 Å². The summed E-state index contributed by atoms with van der Waals surface area (Å²) in [5, 5.41) is 13.8. The first-order chi connectivity index (χ1) is 13.2. The summed E-state index contributed by atoms with van der Waals surface area (Å²) in [7, 11) is 0. The van der Waals surface area contributed by atoms with Crippen LogP contribution in [0.4, 0.5) is 0 Å². The maximum atomic E-state index is 9.64. The first-order valence-electron chi connectivity index (χ1n) is 9.19. The number of rotatable bonds is 9. The number of aromatic nitrogens is 1. The Morgan fingerprint density at radius 1 is 1.07 bits per heavy atom. The van der Waals surface area contributed by atoms with E-state index in [1.807, 2.05) is 68.4 Å². The Balaban J connectivity index is 1.60. The van der Waals surface area contributed by atoms with Gasteiger partial charge in [0, 0.05) is 18.6 Å². The standard InChI is InChI=1S/C22H25NO4/c1-3-25-21(24)14-11-17-9-12-19(13-10-17)26-15-20-16(2)27-23-22(20)18-7-5-4-6-8-18/h4-10,12-13,21,24H,3,11,14-15H2,1-2H3. The van der Waals surface area contributed by atoms with Gasteiger partial charge in [-0.25, -0.2) is 0 Å². The minimum Gasteiger partial charge on any atom is -0.489 e. The predicted molar refractivity (Wildman–Crippen MR) is 103 cm³/mol. The third-order valence-electron chi connectivity index (χ3n) is 4.38. The number of nitrogens with zero attached hydrogens (tertiary/aromatic N) is 1. The quantitative estimate of drug-likeness (QED) is 0.564. The van der Waals surface area contributed by atoms with Gasteiger partial charge in [0.2, 0.25) is 0 Å². The fourth-order valence-corrected chi connectivity index (χ4v) is 2.86. The Morgan fingerprint density at radius 2 is 1.81 bits per heavy atom. The molecule has 1 aromatic heterocycles. The largest absolute Gasteiger partial charge is 0.489 e. The molecular formula is C22H25NO4. The van der Waals surface area contributed by atoms with Gasteiger partial charge in [-0.05, 0) is 38.0 Å². The maximum Gasteiger partial charge on any atom is 0.154 e. The second-order valence-electron chi connectivity index (χ2n) is 6.31. The van der Waals surface area contributed by atoms with Gasteiger partial charge in [0.15, 0.2) is 6.29 Å². The summed E-state index contributed by atoms with van der Waals surface area (Å²) < 4.78 is 16.4. The molecule has 0 aliphatic heterocycles. The average Bonchev–Trinajstić information content (AvgIpc) is 3.07. The topological polar surface area (TPSA) is 64.7 Å². The van der Waals surface area contributed by atoms with Gasteiger partial charge in [-0.15, -0.1) is 0 Å². The van der Waals surface area contributed by atoms with Crippen molar-refractivity contribution in [3.8, 4) is 17.0 Å². The van der Waals surface area contributed by atoms with E-state index in [1.165, 1.54) is 0 Å². The van der Waals surface area contributed by atoms with E-state index in [2.05, 4.69) is 5.16 Å². The molecule has 0 fully saturated rings. The number of benzene rings is 2. The minimum absolute atomic E-state index is 0.391. The Morgan fingerprint density at radius 3 is 2.52 bits per heavy atom. The van der Waals surface area contributed by atoms with E-state index in [9.17, 15) is 5.11 Å². The van der Waals surface area contributed by atoms with E-state index in [0.717, 1.165) is 40.3 Å². The SMILES string of the molecule is CCOC(O)CCc1ccc(OCc2c(-c3ccccc3)noc2C)cc1. The van der Waals surface area contributed by atoms with E-state index in [1.54, 1.807) is 0 Å². The molecule has 5 heteroatoms. The van der Waals surface area contributed by atoms with Gasteiger partial charge in [0.1, 0.15) is 23.8 Å². The highest BCUT2D eigenvalue weighted by Gasteiger charge is 2.15. The highest BCUT2D eigenvalue weighted by molar-refractivity contribution is 5.63. The zero-order valence-electron chi connectivity index (χ0n) is 15.7. The number of ether oxygens (including phenoxy) is 2. The van der Waals surface area contributed by atoms with Gasteiger partial charge in [-0.3, -0.25) is 0 Å². The predicted octanol–water partition coefficient (Wildman–Crippen LogP) is 4.52. The molecule has 0 bridgehead atoms. The number of aliphatic hydroxyl groups is 1. The van der Waals surface area contributed by atoms with Crippen molar-refractivity contribution in [3.05, 3.63) is 71.5 Å². The monoisotopic (exact) mass is 367 g/mol. The Bertz CT molecular complexity index is 827. The maximum absolute atomic E-state index is 9.64. The van der Waals surface area contributed by atoms with Gasteiger partial charge >= 0.3 is 0 Å². The zero-order chi connectivity index (χ0) is 19.1. The van der Waals surface area contributed by atoms with Crippen LogP contribution in [0.5, 0.6) is 5.75 Å². The molecule has 27 heavy (non-hydrogen) atoms. The zero-order valence-corrected chi connectivity index (χ0v) is 15.7. The molecule has 0 amide bonds. The van der Waals surface area contributed by atoms with Crippen LogP contribution in [0.15, 0.2) is 59.1 Å². The molecule has 1 N–H and O–H groups in total. The summed E-state index contributed by atoms with van der Waals surface area (Å²) in [5.41, 5.74) is 3.91. The second kappa shape index (κ2) is 9.35. The van der Waals surface area contributed by atoms with Crippen LogP contribution >= 0.6 is 0 Å². The summed E-state index contributed by atoms with van der Waals surface area (Å²) in [6.07, 6.45) is 0.623. The molecule has 2 aromatic carbocycles. The van der Waals surface area contributed by atoms with Crippen LogP contribution in [0, 0.1) is 6.92 Å². The highest BCUT2D eigenvalue weighted by atomic mass is 16.6. The third kappa shape index (κ3) is 5.18. The summed E-state index contributed by atoms with van der Waals surface area (Å²) in [4.78, 5) is 0. The van der Waals surface area contributed by atoms with Crippen LogP contribution < -0.4 is 4.74 Å². The molecule has 0 spiro atoms. The first kappa shape index (κ1) is 19.1. The van der Waals surface area contributed by atoms with Crippen molar-refractivity contribution in [1.82, 2.24) is 5.16 Å². The Labute approximate surface area is 159 Å². The van der Waals surface area contributed by atoms with Gasteiger partial charge in [0.05, 0.1) is 5.56 Å². The molecule has 0 aliphatic rings. The van der Waals surface area contributed by atoms with E-state index >= 15 is 0 Å². The molecule has 1 atom stereocenters. The van der Waals surface area contributed by atoms with Crippen molar-refractivity contribution in [1.29, 1.82) is 0 Å². The van der Waals surface area contributed by atoms with E-state index in [4.69, 9.17) is 14.0 Å². The Kier molecular flexibility index (Phi) is 6.63. The van der Waals surface area contributed by atoms with Crippen LogP contribution in [-0.2, 0) is 17.8 Å². The average molecular weight is 367 g/mol. The molecular weight excluding hydrogens is 342 g/mol. The minimum atomic E-state index is -0.709. The molecule has 0 aliphatic carbocycles. The molecule has 0 saturated carbocycles. The van der Waals surface area contributed by atoms with Crippen molar-refractivity contribution < 1.29 is 19.1 Å². The number of aliphatic hydroxyl groups excluding tert-OH is 1. The Hall–Kier alpha value is -2.63. The molecule has 142 valence electrons. The van der Waals surface area contributed by atoms with Crippen LogP contribution in [0.3, 0.4) is 0 Å². The van der Waals surface area contributed by atoms with Gasteiger partial charge in [-0.1, -0.05) is 47.6 Å². The second-order valence-corrected chi connectivity index (χ2v) is 6.31. The van der Waals surface area contributed by atoms with E-state index in [-0.39, 0.29) is 0 Å².